The fourth-order valence-corrected chi connectivity index (χ4v) is 1.79. The second kappa shape index (κ2) is 6.62. The van der Waals surface area contributed by atoms with Gasteiger partial charge in [-0.1, -0.05) is 29.8 Å². The molecule has 106 valence electrons. The highest BCUT2D eigenvalue weighted by Gasteiger charge is 2.12. The molecule has 0 aliphatic heterocycles. The fourth-order valence-electron chi connectivity index (χ4n) is 1.61. The lowest BCUT2D eigenvalue weighted by Gasteiger charge is -2.00. The van der Waals surface area contributed by atoms with Gasteiger partial charge in [0.2, 0.25) is 0 Å². The van der Waals surface area contributed by atoms with Crippen LogP contribution in [0.3, 0.4) is 0 Å². The molecule has 0 atom stereocenters. The van der Waals surface area contributed by atoms with Crippen LogP contribution in [0.2, 0.25) is 5.02 Å². The third-order valence-corrected chi connectivity index (χ3v) is 2.83. The van der Waals surface area contributed by atoms with Gasteiger partial charge in [-0.25, -0.2) is 5.43 Å². The van der Waals surface area contributed by atoms with E-state index in [-0.39, 0.29) is 11.3 Å². The largest absolute Gasteiger partial charge is 0.278 e. The minimum atomic E-state index is -0.545. The Balaban J connectivity index is 2.13. The zero-order valence-electron chi connectivity index (χ0n) is 10.7. The molecule has 0 radical (unpaired) electrons. The summed E-state index contributed by atoms with van der Waals surface area (Å²) in [5.74, 6) is -0.406. The van der Waals surface area contributed by atoms with Gasteiger partial charge in [0, 0.05) is 16.7 Å². The highest BCUT2D eigenvalue weighted by atomic mass is 35.5. The first kappa shape index (κ1) is 14.7. The van der Waals surface area contributed by atoms with Crippen molar-refractivity contribution in [3.63, 3.8) is 0 Å². The molecule has 0 aromatic heterocycles. The standard InChI is InChI=1S/C14H10ClN3O3/c15-12-6-7-13(18(20)21)11(8-12)9-16-17-14(19)10-4-2-1-3-5-10/h1-9H,(H,17,19). The molecule has 0 bridgehead atoms. The van der Waals surface area contributed by atoms with Crippen molar-refractivity contribution in [2.45, 2.75) is 0 Å². The second-order valence-electron chi connectivity index (χ2n) is 4.03. The molecule has 6 nitrogen and oxygen atoms in total. The predicted octanol–water partition coefficient (Wildman–Crippen LogP) is 3.01. The van der Waals surface area contributed by atoms with E-state index in [2.05, 4.69) is 10.5 Å². The highest BCUT2D eigenvalue weighted by Crippen LogP contribution is 2.20. The molecular formula is C14H10ClN3O3. The second-order valence-corrected chi connectivity index (χ2v) is 4.46. The van der Waals surface area contributed by atoms with Crippen LogP contribution >= 0.6 is 11.6 Å². The molecule has 1 N–H and O–H groups in total. The van der Waals surface area contributed by atoms with Crippen LogP contribution in [0.25, 0.3) is 0 Å². The maximum atomic E-state index is 11.7. The van der Waals surface area contributed by atoms with E-state index < -0.39 is 10.8 Å². The SMILES string of the molecule is O=C(NN=Cc1cc(Cl)ccc1[N+](=O)[O-])c1ccccc1. The monoisotopic (exact) mass is 303 g/mol. The van der Waals surface area contributed by atoms with Crippen molar-refractivity contribution >= 4 is 29.4 Å². The molecule has 2 rings (SSSR count). The Bertz CT molecular complexity index is 702. The van der Waals surface area contributed by atoms with Crippen LogP contribution in [-0.2, 0) is 0 Å². The predicted molar refractivity (Wildman–Crippen MR) is 79.6 cm³/mol. The van der Waals surface area contributed by atoms with Crippen LogP contribution in [-0.4, -0.2) is 17.0 Å². The summed E-state index contributed by atoms with van der Waals surface area (Å²) in [7, 11) is 0. The smallest absolute Gasteiger partial charge is 0.267 e. The molecule has 7 heteroatoms. The molecular weight excluding hydrogens is 294 g/mol. The van der Waals surface area contributed by atoms with Gasteiger partial charge in [0.25, 0.3) is 11.6 Å². The number of carbonyl (C=O) groups is 1. The van der Waals surface area contributed by atoms with Gasteiger partial charge in [0.05, 0.1) is 16.7 Å². The van der Waals surface area contributed by atoms with Crippen LogP contribution < -0.4 is 5.43 Å². The molecule has 0 fully saturated rings. The molecule has 2 aromatic rings. The summed E-state index contributed by atoms with van der Waals surface area (Å²) in [5.41, 5.74) is 2.81. The van der Waals surface area contributed by atoms with Crippen molar-refractivity contribution in [1.82, 2.24) is 5.43 Å². The number of hydrazone groups is 1. The van der Waals surface area contributed by atoms with Gasteiger partial charge in [0.15, 0.2) is 0 Å². The summed E-state index contributed by atoms with van der Waals surface area (Å²) in [6, 6.07) is 12.6. The Labute approximate surface area is 125 Å². The number of carbonyl (C=O) groups excluding carboxylic acids is 1. The Morgan fingerprint density at radius 3 is 2.62 bits per heavy atom. The van der Waals surface area contributed by atoms with Crippen LogP contribution in [0.1, 0.15) is 15.9 Å². The minimum Gasteiger partial charge on any atom is -0.267 e. The summed E-state index contributed by atoms with van der Waals surface area (Å²) in [4.78, 5) is 22.1. The van der Waals surface area contributed by atoms with E-state index in [1.807, 2.05) is 0 Å². The summed E-state index contributed by atoms with van der Waals surface area (Å²) in [6.45, 7) is 0. The summed E-state index contributed by atoms with van der Waals surface area (Å²) < 4.78 is 0. The molecule has 21 heavy (non-hydrogen) atoms. The van der Waals surface area contributed by atoms with Crippen molar-refractivity contribution in [2.24, 2.45) is 5.10 Å². The number of amides is 1. The first-order valence-corrected chi connectivity index (χ1v) is 6.28. The average Bonchev–Trinajstić information content (AvgIpc) is 2.48. The van der Waals surface area contributed by atoms with Gasteiger partial charge in [-0.15, -0.1) is 0 Å². The lowest BCUT2D eigenvalue weighted by Crippen LogP contribution is -2.17. The molecule has 0 unspecified atom stereocenters. The van der Waals surface area contributed by atoms with Crippen molar-refractivity contribution in [2.75, 3.05) is 0 Å². The molecule has 0 aliphatic rings. The lowest BCUT2D eigenvalue weighted by molar-refractivity contribution is -0.385. The molecule has 0 spiro atoms. The summed E-state index contributed by atoms with van der Waals surface area (Å²) >= 11 is 5.79. The van der Waals surface area contributed by atoms with Crippen LogP contribution in [0.5, 0.6) is 0 Å². The molecule has 1 amide bonds. The number of nitro benzene ring substituents is 1. The van der Waals surface area contributed by atoms with E-state index in [0.29, 0.717) is 10.6 Å². The van der Waals surface area contributed by atoms with E-state index in [0.717, 1.165) is 0 Å². The zero-order chi connectivity index (χ0) is 15.2. The number of nitrogens with one attached hydrogen (secondary N) is 1. The summed E-state index contributed by atoms with van der Waals surface area (Å²) in [6.07, 6.45) is 1.19. The van der Waals surface area contributed by atoms with E-state index >= 15 is 0 Å². The van der Waals surface area contributed by atoms with Crippen molar-refractivity contribution < 1.29 is 9.72 Å². The van der Waals surface area contributed by atoms with Gasteiger partial charge in [0.1, 0.15) is 0 Å². The highest BCUT2D eigenvalue weighted by molar-refractivity contribution is 6.31. The van der Waals surface area contributed by atoms with E-state index in [4.69, 9.17) is 11.6 Å². The van der Waals surface area contributed by atoms with Gasteiger partial charge < -0.3 is 0 Å². The van der Waals surface area contributed by atoms with Gasteiger partial charge >= 0.3 is 0 Å². The number of hydrogen-bond acceptors (Lipinski definition) is 4. The fraction of sp³-hybridized carbons (Fsp3) is 0. The molecule has 2 aromatic carbocycles. The van der Waals surface area contributed by atoms with Crippen LogP contribution in [0.4, 0.5) is 5.69 Å². The minimum absolute atomic E-state index is 0.142. The zero-order valence-corrected chi connectivity index (χ0v) is 11.4. The average molecular weight is 304 g/mol. The van der Waals surface area contributed by atoms with Crippen molar-refractivity contribution in [1.29, 1.82) is 0 Å². The van der Waals surface area contributed by atoms with Gasteiger partial charge in [-0.05, 0) is 24.3 Å². The van der Waals surface area contributed by atoms with E-state index in [1.54, 1.807) is 30.3 Å². The lowest BCUT2D eigenvalue weighted by atomic mass is 10.2. The number of nitro groups is 1. The Morgan fingerprint density at radius 2 is 1.95 bits per heavy atom. The molecule has 0 heterocycles. The van der Waals surface area contributed by atoms with Crippen molar-refractivity contribution in [3.05, 3.63) is 74.8 Å². The normalized spacial score (nSPS) is 10.5. The Kier molecular flexibility index (Phi) is 4.63. The molecule has 0 saturated carbocycles. The quantitative estimate of drug-likeness (QED) is 0.535. The Morgan fingerprint density at radius 1 is 1.24 bits per heavy atom. The summed E-state index contributed by atoms with van der Waals surface area (Å²) in [5, 5.41) is 14.9. The number of nitrogens with zero attached hydrogens (tertiary/aromatic N) is 2. The van der Waals surface area contributed by atoms with E-state index in [1.165, 1.54) is 24.4 Å². The van der Waals surface area contributed by atoms with E-state index in [9.17, 15) is 14.9 Å². The third kappa shape index (κ3) is 3.87. The topological polar surface area (TPSA) is 84.6 Å². The third-order valence-electron chi connectivity index (χ3n) is 2.59. The first-order valence-electron chi connectivity index (χ1n) is 5.90. The van der Waals surface area contributed by atoms with Crippen LogP contribution in [0.15, 0.2) is 53.6 Å². The molecule has 0 saturated heterocycles. The number of halogens is 1. The molecule has 0 aliphatic carbocycles. The first-order chi connectivity index (χ1) is 10.1. The van der Waals surface area contributed by atoms with Crippen LogP contribution in [0, 0.1) is 10.1 Å². The maximum Gasteiger partial charge on any atom is 0.278 e. The number of hydrogen-bond donors (Lipinski definition) is 1. The van der Waals surface area contributed by atoms with Gasteiger partial charge in [-0.3, -0.25) is 14.9 Å². The van der Waals surface area contributed by atoms with Crippen molar-refractivity contribution in [3.8, 4) is 0 Å². The number of benzene rings is 2. The Hall–Kier alpha value is -2.73. The number of rotatable bonds is 4. The maximum absolute atomic E-state index is 11.7. The van der Waals surface area contributed by atoms with Gasteiger partial charge in [-0.2, -0.15) is 5.10 Å².